The summed E-state index contributed by atoms with van der Waals surface area (Å²) in [5.74, 6) is 0.756. The summed E-state index contributed by atoms with van der Waals surface area (Å²) in [6.07, 6.45) is 11.0. The average Bonchev–Trinajstić information content (AvgIpc) is 2.97. The molecule has 0 amide bonds. The van der Waals surface area contributed by atoms with Crippen LogP contribution >= 0.6 is 0 Å². The van der Waals surface area contributed by atoms with Gasteiger partial charge >= 0.3 is 0 Å². The molecule has 2 heteroatoms. The number of nitrogens with one attached hydrogen (secondary N) is 1. The number of unbranched alkanes of at least 4 members (excludes halogenated alkanes) is 4. The Hall–Kier alpha value is -1.28. The minimum absolute atomic E-state index is 0.635. The lowest BCUT2D eigenvalue weighted by Gasteiger charge is -2.43. The van der Waals surface area contributed by atoms with Gasteiger partial charge in [-0.05, 0) is 43.4 Å². The highest BCUT2D eigenvalue weighted by molar-refractivity contribution is 5.85. The zero-order valence-electron chi connectivity index (χ0n) is 14.5. The molecule has 0 aliphatic carbocycles. The third-order valence-electron chi connectivity index (χ3n) is 5.99. The summed E-state index contributed by atoms with van der Waals surface area (Å²) in [5, 5.41) is 1.49. The smallest absolute Gasteiger partial charge is 0.0501 e. The fraction of sp³-hybridized carbons (Fsp3) is 0.619. The molecule has 0 radical (unpaired) electrons. The summed E-state index contributed by atoms with van der Waals surface area (Å²) in [5.41, 5.74) is 4.56. The molecule has 3 heterocycles. The van der Waals surface area contributed by atoms with Crippen LogP contribution in [0.5, 0.6) is 0 Å². The van der Waals surface area contributed by atoms with Gasteiger partial charge in [-0.25, -0.2) is 0 Å². The number of piperidine rings is 1. The topological polar surface area (TPSA) is 19.0 Å². The molecule has 3 atom stereocenters. The summed E-state index contributed by atoms with van der Waals surface area (Å²) in [6.45, 7) is 4.88. The van der Waals surface area contributed by atoms with Crippen LogP contribution in [0.3, 0.4) is 0 Å². The van der Waals surface area contributed by atoms with E-state index in [-0.39, 0.29) is 0 Å². The predicted molar refractivity (Wildman–Crippen MR) is 98.0 cm³/mol. The predicted octanol–water partition coefficient (Wildman–Crippen LogP) is 5.76. The van der Waals surface area contributed by atoms with Crippen LogP contribution in [-0.2, 0) is 0 Å². The minimum atomic E-state index is 0.635. The molecule has 2 bridgehead atoms. The van der Waals surface area contributed by atoms with E-state index in [0.29, 0.717) is 6.04 Å². The van der Waals surface area contributed by atoms with E-state index in [4.69, 9.17) is 0 Å². The van der Waals surface area contributed by atoms with Crippen molar-refractivity contribution in [1.29, 1.82) is 0 Å². The van der Waals surface area contributed by atoms with Crippen LogP contribution in [0, 0.1) is 0 Å². The first-order valence-corrected chi connectivity index (χ1v) is 9.73. The minimum Gasteiger partial charge on any atom is -0.357 e. The van der Waals surface area contributed by atoms with Gasteiger partial charge < -0.3 is 4.98 Å². The fourth-order valence-electron chi connectivity index (χ4n) is 4.86. The zero-order valence-corrected chi connectivity index (χ0v) is 14.5. The van der Waals surface area contributed by atoms with Gasteiger partial charge in [0, 0.05) is 23.1 Å². The summed E-state index contributed by atoms with van der Waals surface area (Å²) < 4.78 is 0. The van der Waals surface area contributed by atoms with E-state index < -0.39 is 0 Å². The second kappa shape index (κ2) is 6.68. The number of nitrogens with zero attached hydrogens (tertiary/aromatic N) is 1. The lowest BCUT2D eigenvalue weighted by Crippen LogP contribution is -2.41. The van der Waals surface area contributed by atoms with Crippen LogP contribution in [0.15, 0.2) is 24.3 Å². The van der Waals surface area contributed by atoms with Crippen molar-refractivity contribution in [2.24, 2.45) is 0 Å². The number of H-pyrrole nitrogens is 1. The van der Waals surface area contributed by atoms with Crippen molar-refractivity contribution in [3.05, 3.63) is 35.5 Å². The van der Waals surface area contributed by atoms with Gasteiger partial charge in [-0.2, -0.15) is 0 Å². The summed E-state index contributed by atoms with van der Waals surface area (Å²) in [4.78, 5) is 6.57. The summed E-state index contributed by atoms with van der Waals surface area (Å²) in [7, 11) is 0. The van der Waals surface area contributed by atoms with Crippen LogP contribution in [0.4, 0.5) is 0 Å². The summed E-state index contributed by atoms with van der Waals surface area (Å²) in [6, 6.07) is 9.58. The van der Waals surface area contributed by atoms with Crippen molar-refractivity contribution in [2.75, 3.05) is 13.1 Å². The molecule has 1 aromatic carbocycles. The van der Waals surface area contributed by atoms with Gasteiger partial charge in [0.25, 0.3) is 0 Å². The number of hydrogen-bond donors (Lipinski definition) is 1. The number of para-hydroxylation sites is 1. The Kier molecular flexibility index (Phi) is 4.43. The third-order valence-corrected chi connectivity index (χ3v) is 5.99. The molecule has 4 rings (SSSR count). The molecule has 1 fully saturated rings. The number of hydrogen-bond acceptors (Lipinski definition) is 1. The quantitative estimate of drug-likeness (QED) is 0.672. The highest BCUT2D eigenvalue weighted by Gasteiger charge is 2.37. The maximum Gasteiger partial charge on any atom is 0.0501 e. The second-order valence-electron chi connectivity index (χ2n) is 7.55. The van der Waals surface area contributed by atoms with Crippen molar-refractivity contribution in [3.63, 3.8) is 0 Å². The molecule has 1 N–H and O–H groups in total. The number of benzene rings is 1. The molecule has 1 aromatic heterocycles. The number of aromatic nitrogens is 1. The molecule has 1 unspecified atom stereocenters. The van der Waals surface area contributed by atoms with Crippen molar-refractivity contribution in [2.45, 2.75) is 70.3 Å². The van der Waals surface area contributed by atoms with Crippen LogP contribution in [0.2, 0.25) is 0 Å². The molecule has 0 saturated carbocycles. The maximum atomic E-state index is 3.81. The normalized spacial score (nSPS) is 26.4. The highest BCUT2D eigenvalue weighted by atomic mass is 15.2. The van der Waals surface area contributed by atoms with Crippen molar-refractivity contribution >= 4 is 10.9 Å². The third kappa shape index (κ3) is 2.82. The number of fused-ring (bicyclic) bond motifs is 6. The zero-order chi connectivity index (χ0) is 15.6. The van der Waals surface area contributed by atoms with E-state index in [1.54, 1.807) is 11.3 Å². The lowest BCUT2D eigenvalue weighted by molar-refractivity contribution is 0.119. The largest absolute Gasteiger partial charge is 0.357 e. The van der Waals surface area contributed by atoms with Crippen molar-refractivity contribution < 1.29 is 0 Å². The van der Waals surface area contributed by atoms with Crippen LogP contribution in [-0.4, -0.2) is 23.0 Å². The number of rotatable bonds is 6. The van der Waals surface area contributed by atoms with E-state index in [1.165, 1.54) is 75.4 Å². The standard InChI is InChI=1S/C21H30N2/c1-2-3-4-5-6-13-19-21-20(16-10-9-14-23(19)15-16)17-11-7-8-12-18(17)22-21/h7-8,11-12,16,19,22H,2-6,9-10,13-15H2,1H3/t16-,19-/m0/s1. The highest BCUT2D eigenvalue weighted by Crippen LogP contribution is 2.46. The van der Waals surface area contributed by atoms with Gasteiger partial charge in [0.15, 0.2) is 0 Å². The Bertz CT molecular complexity index is 657. The van der Waals surface area contributed by atoms with Crippen LogP contribution in [0.1, 0.15) is 81.5 Å². The van der Waals surface area contributed by atoms with E-state index in [0.717, 1.165) is 5.92 Å². The SMILES string of the molecule is CCCCCCC[C@H]1c2[nH]c3ccccc3c2[C@H]2CCCN1C2. The Morgan fingerprint density at radius 2 is 2.00 bits per heavy atom. The molecule has 2 aliphatic rings. The van der Waals surface area contributed by atoms with Crippen molar-refractivity contribution in [1.82, 2.24) is 9.88 Å². The molecular formula is C21H30N2. The van der Waals surface area contributed by atoms with Crippen LogP contribution in [0.25, 0.3) is 10.9 Å². The molecule has 2 nitrogen and oxygen atoms in total. The van der Waals surface area contributed by atoms with Crippen LogP contribution < -0.4 is 0 Å². The van der Waals surface area contributed by atoms with E-state index in [2.05, 4.69) is 41.1 Å². The number of aromatic amines is 1. The average molecular weight is 310 g/mol. The Balaban J connectivity index is 1.60. The van der Waals surface area contributed by atoms with E-state index >= 15 is 0 Å². The first-order chi connectivity index (χ1) is 11.4. The molecule has 1 saturated heterocycles. The Morgan fingerprint density at radius 3 is 2.91 bits per heavy atom. The Morgan fingerprint density at radius 1 is 1.13 bits per heavy atom. The summed E-state index contributed by atoms with van der Waals surface area (Å²) >= 11 is 0. The Labute approximate surface area is 140 Å². The second-order valence-corrected chi connectivity index (χ2v) is 7.55. The fourth-order valence-corrected chi connectivity index (χ4v) is 4.86. The molecule has 124 valence electrons. The van der Waals surface area contributed by atoms with Gasteiger partial charge in [0.1, 0.15) is 0 Å². The molecule has 2 aliphatic heterocycles. The van der Waals surface area contributed by atoms with Gasteiger partial charge in [-0.3, -0.25) is 4.90 Å². The molecule has 0 spiro atoms. The van der Waals surface area contributed by atoms with Gasteiger partial charge in [-0.15, -0.1) is 0 Å². The molecule has 23 heavy (non-hydrogen) atoms. The van der Waals surface area contributed by atoms with Gasteiger partial charge in [-0.1, -0.05) is 57.2 Å². The van der Waals surface area contributed by atoms with Crippen molar-refractivity contribution in [3.8, 4) is 0 Å². The van der Waals surface area contributed by atoms with E-state index in [1.807, 2.05) is 0 Å². The molecular weight excluding hydrogens is 280 g/mol. The first-order valence-electron chi connectivity index (χ1n) is 9.73. The first kappa shape index (κ1) is 15.3. The van der Waals surface area contributed by atoms with Gasteiger partial charge in [0.2, 0.25) is 0 Å². The van der Waals surface area contributed by atoms with E-state index in [9.17, 15) is 0 Å². The lowest BCUT2D eigenvalue weighted by atomic mass is 9.81. The van der Waals surface area contributed by atoms with Gasteiger partial charge in [0.05, 0.1) is 6.04 Å². The molecule has 2 aromatic rings. The maximum absolute atomic E-state index is 3.81. The monoisotopic (exact) mass is 310 g/mol.